The molecule has 0 fully saturated rings. The quantitative estimate of drug-likeness (QED) is 0.294. The molecular weight excluding hydrogens is 382 g/mol. The maximum atomic E-state index is 6.43. The van der Waals surface area contributed by atoms with E-state index in [1.165, 1.54) is 16.5 Å². The van der Waals surface area contributed by atoms with Crippen LogP contribution in [0.4, 0.5) is 0 Å². The Balaban J connectivity index is 1.58. The van der Waals surface area contributed by atoms with Crippen LogP contribution in [-0.4, -0.2) is 4.98 Å². The van der Waals surface area contributed by atoms with Gasteiger partial charge in [-0.25, -0.2) is 4.98 Å². The molecule has 0 unspecified atom stereocenters. The van der Waals surface area contributed by atoms with E-state index < -0.39 is 0 Å². The van der Waals surface area contributed by atoms with Crippen molar-refractivity contribution in [2.24, 2.45) is 0 Å². The highest BCUT2D eigenvalue weighted by Gasteiger charge is 2.16. The summed E-state index contributed by atoms with van der Waals surface area (Å²) in [5.41, 5.74) is 10.3. The molecule has 0 aliphatic carbocycles. The second kappa shape index (κ2) is 6.58. The summed E-state index contributed by atoms with van der Waals surface area (Å²) in [6, 6.07) is 25.0. The number of nitrogens with zero attached hydrogens (tertiary/aromatic N) is 1. The first-order valence-electron chi connectivity index (χ1n) is 10.5. The van der Waals surface area contributed by atoms with Crippen molar-refractivity contribution < 1.29 is 8.83 Å². The zero-order valence-electron chi connectivity index (χ0n) is 17.7. The third-order valence-corrected chi connectivity index (χ3v) is 5.86. The highest BCUT2D eigenvalue weighted by molar-refractivity contribution is 6.11. The van der Waals surface area contributed by atoms with E-state index in [9.17, 15) is 0 Å². The largest absolute Gasteiger partial charge is 0.455 e. The summed E-state index contributed by atoms with van der Waals surface area (Å²) in [7, 11) is 0. The molecular formula is C28H21NO2. The monoisotopic (exact) mass is 403 g/mol. The minimum atomic E-state index is 0.628. The maximum Gasteiger partial charge on any atom is 0.227 e. The first-order chi connectivity index (χ1) is 15.1. The van der Waals surface area contributed by atoms with Crippen LogP contribution in [0.3, 0.4) is 0 Å². The minimum Gasteiger partial charge on any atom is -0.455 e. The smallest absolute Gasteiger partial charge is 0.227 e. The lowest BCUT2D eigenvalue weighted by molar-refractivity contribution is 0.620. The molecule has 0 N–H and O–H groups in total. The molecule has 6 aromatic rings. The fraction of sp³-hybridized carbons (Fsp3) is 0.107. The topological polar surface area (TPSA) is 39.2 Å². The van der Waals surface area contributed by atoms with Crippen LogP contribution >= 0.6 is 0 Å². The molecule has 2 aromatic heterocycles. The lowest BCUT2D eigenvalue weighted by Gasteiger charge is -2.06. The number of fused-ring (bicyclic) bond motifs is 4. The van der Waals surface area contributed by atoms with Gasteiger partial charge in [0.05, 0.1) is 0 Å². The van der Waals surface area contributed by atoms with Gasteiger partial charge in [-0.1, -0.05) is 30.3 Å². The summed E-state index contributed by atoms with van der Waals surface area (Å²) in [4.78, 5) is 4.66. The molecule has 150 valence electrons. The Labute approximate surface area is 179 Å². The van der Waals surface area contributed by atoms with Crippen LogP contribution in [0.1, 0.15) is 16.7 Å². The summed E-state index contributed by atoms with van der Waals surface area (Å²) in [6.07, 6.45) is 0. The number of hydrogen-bond acceptors (Lipinski definition) is 3. The maximum absolute atomic E-state index is 6.43. The van der Waals surface area contributed by atoms with Gasteiger partial charge in [-0.15, -0.1) is 0 Å². The fourth-order valence-corrected chi connectivity index (χ4v) is 4.51. The van der Waals surface area contributed by atoms with Crippen molar-refractivity contribution in [3.63, 3.8) is 0 Å². The van der Waals surface area contributed by atoms with Gasteiger partial charge in [-0.3, -0.25) is 0 Å². The summed E-state index contributed by atoms with van der Waals surface area (Å²) in [5.74, 6) is 0.628. The van der Waals surface area contributed by atoms with Crippen LogP contribution in [0, 0.1) is 20.8 Å². The third kappa shape index (κ3) is 2.85. The van der Waals surface area contributed by atoms with Crippen molar-refractivity contribution in [2.45, 2.75) is 20.8 Å². The number of hydrogen-bond donors (Lipinski definition) is 0. The Morgan fingerprint density at radius 1 is 0.645 bits per heavy atom. The van der Waals surface area contributed by atoms with Crippen LogP contribution < -0.4 is 0 Å². The van der Waals surface area contributed by atoms with Gasteiger partial charge in [-0.2, -0.15) is 0 Å². The van der Waals surface area contributed by atoms with Gasteiger partial charge in [0.2, 0.25) is 5.89 Å². The van der Waals surface area contributed by atoms with E-state index in [2.05, 4.69) is 62.2 Å². The second-order valence-corrected chi connectivity index (χ2v) is 8.32. The molecule has 31 heavy (non-hydrogen) atoms. The zero-order chi connectivity index (χ0) is 21.1. The van der Waals surface area contributed by atoms with E-state index in [0.29, 0.717) is 5.89 Å². The first kappa shape index (κ1) is 18.0. The van der Waals surface area contributed by atoms with Gasteiger partial charge in [-0.05, 0) is 85.5 Å². The van der Waals surface area contributed by atoms with E-state index in [1.54, 1.807) is 0 Å². The molecule has 2 heterocycles. The van der Waals surface area contributed by atoms with Crippen LogP contribution in [0.15, 0.2) is 81.6 Å². The number of rotatable bonds is 2. The molecule has 0 saturated heterocycles. The van der Waals surface area contributed by atoms with Gasteiger partial charge in [0.1, 0.15) is 16.7 Å². The Kier molecular flexibility index (Phi) is 3.81. The van der Waals surface area contributed by atoms with Gasteiger partial charge >= 0.3 is 0 Å². The number of aromatic nitrogens is 1. The van der Waals surface area contributed by atoms with Crippen molar-refractivity contribution in [2.75, 3.05) is 0 Å². The average Bonchev–Trinajstić information content (AvgIpc) is 3.35. The average molecular weight is 403 g/mol. The first-order valence-corrected chi connectivity index (χ1v) is 10.5. The standard InChI is InChI=1S/C28H21NO2/c1-16-11-18(3)26-22(13-16)23-14-17(2)12-21(27(23)31-26)19-7-6-8-20(15-19)28-29-24-9-4-5-10-25(24)30-28/h4-15H,1-3H3. The lowest BCUT2D eigenvalue weighted by Crippen LogP contribution is -1.84. The van der Waals surface area contributed by atoms with E-state index in [1.807, 2.05) is 36.4 Å². The summed E-state index contributed by atoms with van der Waals surface area (Å²) >= 11 is 0. The molecule has 0 saturated carbocycles. The Morgan fingerprint density at radius 3 is 2.23 bits per heavy atom. The van der Waals surface area contributed by atoms with Crippen molar-refractivity contribution >= 4 is 33.0 Å². The number of furan rings is 1. The summed E-state index contributed by atoms with van der Waals surface area (Å²) in [6.45, 7) is 6.37. The van der Waals surface area contributed by atoms with Gasteiger partial charge < -0.3 is 8.83 Å². The number of oxazole rings is 1. The number of benzene rings is 4. The van der Waals surface area contributed by atoms with E-state index in [4.69, 9.17) is 8.83 Å². The predicted molar refractivity (Wildman–Crippen MR) is 126 cm³/mol. The summed E-state index contributed by atoms with van der Waals surface area (Å²) in [5, 5.41) is 2.33. The van der Waals surface area contributed by atoms with Gasteiger partial charge in [0.15, 0.2) is 5.58 Å². The Morgan fingerprint density at radius 2 is 1.39 bits per heavy atom. The molecule has 4 aromatic carbocycles. The van der Waals surface area contributed by atoms with Crippen LogP contribution in [0.25, 0.3) is 55.6 Å². The zero-order valence-corrected chi connectivity index (χ0v) is 17.7. The highest BCUT2D eigenvalue weighted by atomic mass is 16.3. The van der Waals surface area contributed by atoms with E-state index in [-0.39, 0.29) is 0 Å². The highest BCUT2D eigenvalue weighted by Crippen LogP contribution is 2.39. The molecule has 0 radical (unpaired) electrons. The minimum absolute atomic E-state index is 0.628. The number of aryl methyl sites for hydroxylation is 3. The third-order valence-electron chi connectivity index (χ3n) is 5.86. The molecule has 0 aliphatic heterocycles. The summed E-state index contributed by atoms with van der Waals surface area (Å²) < 4.78 is 12.4. The second-order valence-electron chi connectivity index (χ2n) is 8.32. The molecule has 0 aliphatic rings. The molecule has 0 atom stereocenters. The predicted octanol–water partition coefficient (Wildman–Crippen LogP) is 7.99. The molecule has 6 rings (SSSR count). The Bertz CT molecular complexity index is 1580. The SMILES string of the molecule is Cc1cc(C)c2oc3c(-c4cccc(-c5nc6ccccc6o5)c4)cc(C)cc3c2c1. The van der Waals surface area contributed by atoms with Crippen molar-refractivity contribution in [3.8, 4) is 22.6 Å². The van der Waals surface area contributed by atoms with Crippen LogP contribution in [0.5, 0.6) is 0 Å². The normalized spacial score (nSPS) is 11.7. The van der Waals surface area contributed by atoms with Crippen LogP contribution in [0.2, 0.25) is 0 Å². The van der Waals surface area contributed by atoms with Crippen molar-refractivity contribution in [1.29, 1.82) is 0 Å². The molecule has 3 heteroatoms. The fourth-order valence-electron chi connectivity index (χ4n) is 4.51. The van der Waals surface area contributed by atoms with Gasteiger partial charge in [0.25, 0.3) is 0 Å². The van der Waals surface area contributed by atoms with Crippen molar-refractivity contribution in [1.82, 2.24) is 4.98 Å². The molecule has 3 nitrogen and oxygen atoms in total. The van der Waals surface area contributed by atoms with Crippen molar-refractivity contribution in [3.05, 3.63) is 89.5 Å². The van der Waals surface area contributed by atoms with E-state index in [0.717, 1.165) is 49.9 Å². The molecule has 0 bridgehead atoms. The number of para-hydroxylation sites is 2. The van der Waals surface area contributed by atoms with E-state index >= 15 is 0 Å². The lowest BCUT2D eigenvalue weighted by atomic mass is 9.97. The van der Waals surface area contributed by atoms with Gasteiger partial charge in [0, 0.05) is 21.9 Å². The Hall–Kier alpha value is -3.85. The molecule has 0 spiro atoms. The molecule has 0 amide bonds. The van der Waals surface area contributed by atoms with Crippen LogP contribution in [-0.2, 0) is 0 Å².